The SMILES string of the molecule is Cc1cc(CCCCCCNCC(C)C)ccc1F. The molecule has 1 N–H and O–H groups in total. The molecule has 1 nitrogen and oxygen atoms in total. The fourth-order valence-electron chi connectivity index (χ4n) is 2.19. The summed E-state index contributed by atoms with van der Waals surface area (Å²) in [5, 5.41) is 3.47. The van der Waals surface area contributed by atoms with Crippen molar-refractivity contribution in [2.75, 3.05) is 13.1 Å². The average molecular weight is 265 g/mol. The van der Waals surface area contributed by atoms with Crippen LogP contribution in [0.4, 0.5) is 4.39 Å². The van der Waals surface area contributed by atoms with E-state index in [9.17, 15) is 4.39 Å². The van der Waals surface area contributed by atoms with E-state index in [1.165, 1.54) is 31.2 Å². The largest absolute Gasteiger partial charge is 0.316 e. The molecule has 0 unspecified atom stereocenters. The van der Waals surface area contributed by atoms with Crippen LogP contribution in [-0.2, 0) is 6.42 Å². The Morgan fingerprint density at radius 2 is 1.84 bits per heavy atom. The highest BCUT2D eigenvalue weighted by Gasteiger charge is 1.99. The van der Waals surface area contributed by atoms with Crippen LogP contribution in [0.15, 0.2) is 18.2 Å². The molecule has 0 spiro atoms. The molecule has 0 aromatic heterocycles. The summed E-state index contributed by atoms with van der Waals surface area (Å²) in [6, 6.07) is 5.46. The molecular weight excluding hydrogens is 237 g/mol. The zero-order chi connectivity index (χ0) is 14.1. The standard InChI is InChI=1S/C17H28FN/c1-14(2)13-19-11-7-5-4-6-8-16-9-10-17(18)15(3)12-16/h9-10,12,14,19H,4-8,11,13H2,1-3H3. The van der Waals surface area contributed by atoms with Crippen LogP contribution in [0.25, 0.3) is 0 Å². The summed E-state index contributed by atoms with van der Waals surface area (Å²) in [7, 11) is 0. The number of nitrogens with one attached hydrogen (secondary N) is 1. The Kier molecular flexibility index (Phi) is 7.73. The van der Waals surface area contributed by atoms with Gasteiger partial charge in [-0.2, -0.15) is 0 Å². The fourth-order valence-corrected chi connectivity index (χ4v) is 2.19. The van der Waals surface area contributed by atoms with Gasteiger partial charge in [0.05, 0.1) is 0 Å². The highest BCUT2D eigenvalue weighted by atomic mass is 19.1. The third-order valence-electron chi connectivity index (χ3n) is 3.34. The maximum atomic E-state index is 13.1. The summed E-state index contributed by atoms with van der Waals surface area (Å²) in [5.74, 6) is 0.640. The van der Waals surface area contributed by atoms with Crippen molar-refractivity contribution in [3.8, 4) is 0 Å². The first-order chi connectivity index (χ1) is 9.09. The first-order valence-corrected chi connectivity index (χ1v) is 7.55. The normalized spacial score (nSPS) is 11.2. The van der Waals surface area contributed by atoms with Crippen molar-refractivity contribution in [3.05, 3.63) is 35.1 Å². The molecule has 108 valence electrons. The van der Waals surface area contributed by atoms with Gasteiger partial charge in [-0.05, 0) is 62.4 Å². The molecule has 0 saturated heterocycles. The van der Waals surface area contributed by atoms with Gasteiger partial charge >= 0.3 is 0 Å². The molecule has 0 atom stereocenters. The molecule has 0 amide bonds. The van der Waals surface area contributed by atoms with Crippen LogP contribution in [0.5, 0.6) is 0 Å². The van der Waals surface area contributed by atoms with Crippen LogP contribution in [0, 0.1) is 18.7 Å². The monoisotopic (exact) mass is 265 g/mol. The molecule has 0 saturated carbocycles. The molecule has 0 aliphatic rings. The lowest BCUT2D eigenvalue weighted by atomic mass is 10.0. The smallest absolute Gasteiger partial charge is 0.126 e. The predicted octanol–water partition coefficient (Wildman–Crippen LogP) is 4.48. The Morgan fingerprint density at radius 3 is 2.53 bits per heavy atom. The van der Waals surface area contributed by atoms with Gasteiger partial charge in [-0.25, -0.2) is 4.39 Å². The molecule has 2 heteroatoms. The number of unbranched alkanes of at least 4 members (excludes halogenated alkanes) is 3. The van der Waals surface area contributed by atoms with Crippen LogP contribution in [0.2, 0.25) is 0 Å². The zero-order valence-corrected chi connectivity index (χ0v) is 12.6. The molecule has 1 aromatic rings. The Bertz CT molecular complexity index is 360. The van der Waals surface area contributed by atoms with Gasteiger partial charge < -0.3 is 5.32 Å². The third kappa shape index (κ3) is 7.31. The molecule has 0 fully saturated rings. The first-order valence-electron chi connectivity index (χ1n) is 7.55. The van der Waals surface area contributed by atoms with E-state index in [0.29, 0.717) is 0 Å². The van der Waals surface area contributed by atoms with Crippen molar-refractivity contribution >= 4 is 0 Å². The van der Waals surface area contributed by atoms with Gasteiger partial charge in [0.15, 0.2) is 0 Å². The average Bonchev–Trinajstić information content (AvgIpc) is 2.36. The predicted molar refractivity (Wildman–Crippen MR) is 81.0 cm³/mol. The lowest BCUT2D eigenvalue weighted by molar-refractivity contribution is 0.526. The lowest BCUT2D eigenvalue weighted by Crippen LogP contribution is -2.20. The second kappa shape index (κ2) is 9.08. The van der Waals surface area contributed by atoms with Gasteiger partial charge in [-0.15, -0.1) is 0 Å². The summed E-state index contributed by atoms with van der Waals surface area (Å²) >= 11 is 0. The van der Waals surface area contributed by atoms with Gasteiger partial charge in [0.1, 0.15) is 5.82 Å². The van der Waals surface area contributed by atoms with Gasteiger partial charge in [-0.1, -0.05) is 38.8 Å². The number of hydrogen-bond acceptors (Lipinski definition) is 1. The van der Waals surface area contributed by atoms with Gasteiger partial charge in [0, 0.05) is 0 Å². The topological polar surface area (TPSA) is 12.0 Å². The molecule has 0 bridgehead atoms. The maximum Gasteiger partial charge on any atom is 0.126 e. The van der Waals surface area contributed by atoms with E-state index < -0.39 is 0 Å². The second-order valence-corrected chi connectivity index (χ2v) is 5.85. The van der Waals surface area contributed by atoms with Crippen LogP contribution in [0.1, 0.15) is 50.7 Å². The summed E-state index contributed by atoms with van der Waals surface area (Å²) < 4.78 is 13.1. The van der Waals surface area contributed by atoms with Gasteiger partial charge in [-0.3, -0.25) is 0 Å². The van der Waals surface area contributed by atoms with E-state index in [1.807, 2.05) is 19.1 Å². The third-order valence-corrected chi connectivity index (χ3v) is 3.34. The summed E-state index contributed by atoms with van der Waals surface area (Å²) in [6.45, 7) is 8.55. The Balaban J connectivity index is 2.03. The van der Waals surface area contributed by atoms with Crippen molar-refractivity contribution in [1.29, 1.82) is 0 Å². The number of hydrogen-bond donors (Lipinski definition) is 1. The Hall–Kier alpha value is -0.890. The van der Waals surface area contributed by atoms with Crippen molar-refractivity contribution in [2.45, 2.75) is 52.9 Å². The number of halogens is 1. The molecule has 0 heterocycles. The molecular formula is C17H28FN. The van der Waals surface area contributed by atoms with Crippen LogP contribution in [-0.4, -0.2) is 13.1 Å². The highest BCUT2D eigenvalue weighted by molar-refractivity contribution is 5.23. The van der Waals surface area contributed by atoms with Crippen LogP contribution in [0.3, 0.4) is 0 Å². The number of rotatable bonds is 9. The van der Waals surface area contributed by atoms with E-state index >= 15 is 0 Å². The molecule has 19 heavy (non-hydrogen) atoms. The molecule has 0 aliphatic heterocycles. The van der Waals surface area contributed by atoms with Crippen molar-refractivity contribution in [2.24, 2.45) is 5.92 Å². The second-order valence-electron chi connectivity index (χ2n) is 5.85. The van der Waals surface area contributed by atoms with Gasteiger partial charge in [0.25, 0.3) is 0 Å². The minimum Gasteiger partial charge on any atom is -0.316 e. The highest BCUT2D eigenvalue weighted by Crippen LogP contribution is 2.12. The zero-order valence-electron chi connectivity index (χ0n) is 12.6. The molecule has 0 radical (unpaired) electrons. The van der Waals surface area contributed by atoms with Crippen molar-refractivity contribution in [3.63, 3.8) is 0 Å². The minimum atomic E-state index is -0.0972. The van der Waals surface area contributed by atoms with E-state index in [4.69, 9.17) is 0 Å². The van der Waals surface area contributed by atoms with Gasteiger partial charge in [0.2, 0.25) is 0 Å². The molecule has 0 aliphatic carbocycles. The van der Waals surface area contributed by atoms with Crippen molar-refractivity contribution < 1.29 is 4.39 Å². The Labute approximate surface area is 117 Å². The van der Waals surface area contributed by atoms with Crippen molar-refractivity contribution in [1.82, 2.24) is 5.32 Å². The summed E-state index contributed by atoms with van der Waals surface area (Å²) in [4.78, 5) is 0. The van der Waals surface area contributed by atoms with E-state index in [1.54, 1.807) is 6.07 Å². The van der Waals surface area contributed by atoms with Crippen LogP contribution < -0.4 is 5.32 Å². The molecule has 1 rings (SSSR count). The fraction of sp³-hybridized carbons (Fsp3) is 0.647. The maximum absolute atomic E-state index is 13.1. The van der Waals surface area contributed by atoms with E-state index in [2.05, 4.69) is 19.2 Å². The van der Waals surface area contributed by atoms with Crippen LogP contribution >= 0.6 is 0 Å². The summed E-state index contributed by atoms with van der Waals surface area (Å²) in [6.07, 6.45) is 6.08. The van der Waals surface area contributed by atoms with E-state index in [-0.39, 0.29) is 5.82 Å². The molecule has 1 aromatic carbocycles. The number of aryl methyl sites for hydroxylation is 2. The Morgan fingerprint density at radius 1 is 1.11 bits per heavy atom. The minimum absolute atomic E-state index is 0.0972. The van der Waals surface area contributed by atoms with E-state index in [0.717, 1.165) is 31.0 Å². The number of benzene rings is 1. The summed E-state index contributed by atoms with van der Waals surface area (Å²) in [5.41, 5.74) is 2.02. The quantitative estimate of drug-likeness (QED) is 0.649. The lowest BCUT2D eigenvalue weighted by Gasteiger charge is -2.07. The first kappa shape index (κ1) is 16.2.